The molecule has 2 nitrogen and oxygen atoms in total. The maximum atomic E-state index is 9.20. The standard InChI is InChI=1S/C14H19BrO2/c1-3-14(2,11-16)8-9-17-10-12-4-6-13(15)7-5-12/h3-7,16H,1,8-11H2,2H3. The number of hydrogen-bond donors (Lipinski definition) is 1. The van der Waals surface area contributed by atoms with Crippen molar-refractivity contribution < 1.29 is 9.84 Å². The van der Waals surface area contributed by atoms with Gasteiger partial charge in [-0.3, -0.25) is 0 Å². The first-order valence-corrected chi connectivity index (χ1v) is 6.45. The van der Waals surface area contributed by atoms with E-state index in [-0.39, 0.29) is 12.0 Å². The van der Waals surface area contributed by atoms with Gasteiger partial charge in [0.2, 0.25) is 0 Å². The van der Waals surface area contributed by atoms with Gasteiger partial charge in [-0.15, -0.1) is 6.58 Å². The van der Waals surface area contributed by atoms with Gasteiger partial charge in [-0.2, -0.15) is 0 Å². The number of aliphatic hydroxyl groups excluding tert-OH is 1. The molecule has 0 saturated carbocycles. The van der Waals surface area contributed by atoms with Crippen molar-refractivity contribution in [2.45, 2.75) is 20.0 Å². The maximum absolute atomic E-state index is 9.20. The highest BCUT2D eigenvalue weighted by Crippen LogP contribution is 2.21. The summed E-state index contributed by atoms with van der Waals surface area (Å²) in [6, 6.07) is 8.06. The van der Waals surface area contributed by atoms with E-state index in [0.29, 0.717) is 13.2 Å². The summed E-state index contributed by atoms with van der Waals surface area (Å²) < 4.78 is 6.65. The van der Waals surface area contributed by atoms with Gasteiger partial charge in [0.05, 0.1) is 13.2 Å². The average Bonchev–Trinajstić information content (AvgIpc) is 2.36. The lowest BCUT2D eigenvalue weighted by atomic mass is 9.88. The summed E-state index contributed by atoms with van der Waals surface area (Å²) in [7, 11) is 0. The van der Waals surface area contributed by atoms with Crippen LogP contribution in [0.4, 0.5) is 0 Å². The molecule has 17 heavy (non-hydrogen) atoms. The van der Waals surface area contributed by atoms with E-state index in [1.807, 2.05) is 31.2 Å². The molecule has 0 bridgehead atoms. The third-order valence-electron chi connectivity index (χ3n) is 2.85. The molecule has 3 heteroatoms. The Morgan fingerprint density at radius 1 is 1.41 bits per heavy atom. The van der Waals surface area contributed by atoms with Crippen LogP contribution < -0.4 is 0 Å². The van der Waals surface area contributed by atoms with Crippen molar-refractivity contribution in [2.24, 2.45) is 5.41 Å². The minimum atomic E-state index is -0.236. The number of aliphatic hydroxyl groups is 1. The van der Waals surface area contributed by atoms with E-state index in [1.54, 1.807) is 6.08 Å². The van der Waals surface area contributed by atoms with Gasteiger partial charge in [0.25, 0.3) is 0 Å². The Labute approximate surface area is 111 Å². The topological polar surface area (TPSA) is 29.5 Å². The predicted molar refractivity (Wildman–Crippen MR) is 73.8 cm³/mol. The molecule has 0 saturated heterocycles. The van der Waals surface area contributed by atoms with E-state index in [4.69, 9.17) is 4.74 Å². The first-order chi connectivity index (χ1) is 8.09. The van der Waals surface area contributed by atoms with E-state index in [1.165, 1.54) is 0 Å². The Morgan fingerprint density at radius 2 is 2.06 bits per heavy atom. The van der Waals surface area contributed by atoms with Crippen LogP contribution in [0.15, 0.2) is 41.4 Å². The lowest BCUT2D eigenvalue weighted by Crippen LogP contribution is -2.20. The monoisotopic (exact) mass is 298 g/mol. The van der Waals surface area contributed by atoms with Crippen molar-refractivity contribution in [2.75, 3.05) is 13.2 Å². The molecule has 0 aliphatic carbocycles. The van der Waals surface area contributed by atoms with Gasteiger partial charge in [0.15, 0.2) is 0 Å². The molecule has 94 valence electrons. The lowest BCUT2D eigenvalue weighted by Gasteiger charge is -2.22. The van der Waals surface area contributed by atoms with E-state index < -0.39 is 0 Å². The fourth-order valence-electron chi connectivity index (χ4n) is 1.32. The van der Waals surface area contributed by atoms with Crippen LogP contribution in [0.25, 0.3) is 0 Å². The van der Waals surface area contributed by atoms with Crippen molar-refractivity contribution in [3.8, 4) is 0 Å². The summed E-state index contributed by atoms with van der Waals surface area (Å²) in [5.74, 6) is 0. The van der Waals surface area contributed by atoms with Crippen molar-refractivity contribution in [3.05, 3.63) is 47.0 Å². The Hall–Kier alpha value is -0.640. The molecular weight excluding hydrogens is 280 g/mol. The predicted octanol–water partition coefficient (Wildman–Crippen LogP) is 3.54. The summed E-state index contributed by atoms with van der Waals surface area (Å²) in [5.41, 5.74) is 0.914. The van der Waals surface area contributed by atoms with Gasteiger partial charge in [-0.1, -0.05) is 41.1 Å². The minimum absolute atomic E-state index is 0.109. The molecule has 1 aromatic rings. The zero-order valence-corrected chi connectivity index (χ0v) is 11.7. The Balaban J connectivity index is 2.29. The molecule has 0 fully saturated rings. The first kappa shape index (κ1) is 14.4. The second-order valence-electron chi connectivity index (χ2n) is 4.45. The molecule has 1 atom stereocenters. The fourth-order valence-corrected chi connectivity index (χ4v) is 1.59. The van der Waals surface area contributed by atoms with Gasteiger partial charge >= 0.3 is 0 Å². The number of rotatable bonds is 7. The normalized spacial score (nSPS) is 14.3. The molecule has 1 aromatic carbocycles. The van der Waals surface area contributed by atoms with Crippen LogP contribution in [0, 0.1) is 5.41 Å². The van der Waals surface area contributed by atoms with Crippen LogP contribution in [0.1, 0.15) is 18.9 Å². The number of ether oxygens (including phenoxy) is 1. The number of halogens is 1. The van der Waals surface area contributed by atoms with Crippen molar-refractivity contribution >= 4 is 15.9 Å². The van der Waals surface area contributed by atoms with Crippen LogP contribution in [-0.4, -0.2) is 18.3 Å². The maximum Gasteiger partial charge on any atom is 0.0716 e. The molecule has 0 aromatic heterocycles. The molecule has 1 unspecified atom stereocenters. The highest BCUT2D eigenvalue weighted by Gasteiger charge is 2.18. The van der Waals surface area contributed by atoms with E-state index in [2.05, 4.69) is 22.5 Å². The zero-order chi connectivity index (χ0) is 12.7. The van der Waals surface area contributed by atoms with Gasteiger partial charge in [-0.25, -0.2) is 0 Å². The molecule has 0 aliphatic heterocycles. The summed E-state index contributed by atoms with van der Waals surface area (Å²) in [6.45, 7) is 7.04. The SMILES string of the molecule is C=CC(C)(CO)CCOCc1ccc(Br)cc1. The molecule has 0 heterocycles. The molecule has 0 spiro atoms. The highest BCUT2D eigenvalue weighted by molar-refractivity contribution is 9.10. The van der Waals surface area contributed by atoms with Gasteiger partial charge < -0.3 is 9.84 Å². The Morgan fingerprint density at radius 3 is 2.59 bits per heavy atom. The Bertz CT molecular complexity index is 348. The quantitative estimate of drug-likeness (QED) is 0.616. The molecule has 0 amide bonds. The second-order valence-corrected chi connectivity index (χ2v) is 5.36. The van der Waals surface area contributed by atoms with Crippen LogP contribution >= 0.6 is 15.9 Å². The lowest BCUT2D eigenvalue weighted by molar-refractivity contribution is 0.0790. The van der Waals surface area contributed by atoms with Crippen molar-refractivity contribution in [1.82, 2.24) is 0 Å². The summed E-state index contributed by atoms with van der Waals surface area (Å²) in [5, 5.41) is 9.20. The van der Waals surface area contributed by atoms with Gasteiger partial charge in [0.1, 0.15) is 0 Å². The molecule has 0 radical (unpaired) electrons. The van der Waals surface area contributed by atoms with Crippen LogP contribution in [0.5, 0.6) is 0 Å². The van der Waals surface area contributed by atoms with Crippen molar-refractivity contribution in [3.63, 3.8) is 0 Å². The zero-order valence-electron chi connectivity index (χ0n) is 10.2. The fraction of sp³-hybridized carbons (Fsp3) is 0.429. The molecular formula is C14H19BrO2. The van der Waals surface area contributed by atoms with E-state index in [0.717, 1.165) is 16.5 Å². The third kappa shape index (κ3) is 5.02. The summed E-state index contributed by atoms with van der Waals surface area (Å²) in [6.07, 6.45) is 2.57. The molecule has 0 aliphatic rings. The minimum Gasteiger partial charge on any atom is -0.395 e. The van der Waals surface area contributed by atoms with Crippen LogP contribution in [-0.2, 0) is 11.3 Å². The number of benzene rings is 1. The molecule has 1 rings (SSSR count). The largest absolute Gasteiger partial charge is 0.395 e. The summed E-state index contributed by atoms with van der Waals surface area (Å²) in [4.78, 5) is 0. The first-order valence-electron chi connectivity index (χ1n) is 5.66. The third-order valence-corrected chi connectivity index (χ3v) is 3.38. The average molecular weight is 299 g/mol. The van der Waals surface area contributed by atoms with Crippen LogP contribution in [0.3, 0.4) is 0 Å². The van der Waals surface area contributed by atoms with Gasteiger partial charge in [-0.05, 0) is 24.1 Å². The van der Waals surface area contributed by atoms with Crippen molar-refractivity contribution in [1.29, 1.82) is 0 Å². The summed E-state index contributed by atoms with van der Waals surface area (Å²) >= 11 is 3.39. The highest BCUT2D eigenvalue weighted by atomic mass is 79.9. The second kappa shape index (κ2) is 6.94. The van der Waals surface area contributed by atoms with Gasteiger partial charge in [0, 0.05) is 16.5 Å². The smallest absolute Gasteiger partial charge is 0.0716 e. The van der Waals surface area contributed by atoms with Crippen LogP contribution in [0.2, 0.25) is 0 Å². The van der Waals surface area contributed by atoms with E-state index in [9.17, 15) is 5.11 Å². The number of hydrogen-bond acceptors (Lipinski definition) is 2. The van der Waals surface area contributed by atoms with E-state index >= 15 is 0 Å². The molecule has 1 N–H and O–H groups in total. The Kier molecular flexibility index (Phi) is 5.89.